The molecule has 1 aromatic carbocycles. The predicted molar refractivity (Wildman–Crippen MR) is 54.6 cm³/mol. The lowest BCUT2D eigenvalue weighted by Crippen LogP contribution is -2.21. The van der Waals surface area contributed by atoms with Crippen molar-refractivity contribution in [3.05, 3.63) is 35.9 Å². The second-order valence-corrected chi connectivity index (χ2v) is 3.17. The minimum absolute atomic E-state index is 0.259. The fourth-order valence-corrected chi connectivity index (χ4v) is 1.04. The summed E-state index contributed by atoms with van der Waals surface area (Å²) in [6, 6.07) is 8.04. The van der Waals surface area contributed by atoms with Crippen LogP contribution in [0.15, 0.2) is 30.3 Å². The first kappa shape index (κ1) is 12.4. The summed E-state index contributed by atoms with van der Waals surface area (Å²) in [5.41, 5.74) is 0.259. The fourth-order valence-electron chi connectivity index (χ4n) is 1.04. The molecule has 0 radical (unpaired) electrons. The molecule has 0 aromatic heterocycles. The summed E-state index contributed by atoms with van der Waals surface area (Å²) >= 11 is 0. The highest BCUT2D eigenvalue weighted by molar-refractivity contribution is 5.96. The minimum atomic E-state index is -1.20. The summed E-state index contributed by atoms with van der Waals surface area (Å²) in [5, 5.41) is 17.4. The van der Waals surface area contributed by atoms with Gasteiger partial charge in [-0.15, -0.1) is 0 Å². The van der Waals surface area contributed by atoms with Gasteiger partial charge in [-0.2, -0.15) is 0 Å². The van der Waals surface area contributed by atoms with Crippen molar-refractivity contribution in [2.75, 3.05) is 6.61 Å². The van der Waals surface area contributed by atoms with Crippen molar-refractivity contribution in [3.63, 3.8) is 0 Å². The molecule has 5 heteroatoms. The van der Waals surface area contributed by atoms with Gasteiger partial charge >= 0.3 is 11.9 Å². The largest absolute Gasteiger partial charge is 0.394 e. The number of hydrogen-bond donors (Lipinski definition) is 2. The topological polar surface area (TPSA) is 83.8 Å². The lowest BCUT2D eigenvalue weighted by atomic mass is 10.2. The SMILES string of the molecule is O=C(CC(O)CO)OC(=O)c1ccccc1. The molecule has 5 nitrogen and oxygen atoms in total. The molecule has 1 atom stereocenters. The molecule has 1 unspecified atom stereocenters. The summed E-state index contributed by atoms with van der Waals surface area (Å²) in [5.74, 6) is -1.63. The van der Waals surface area contributed by atoms with Gasteiger partial charge in [-0.1, -0.05) is 18.2 Å². The Morgan fingerprint density at radius 2 is 1.88 bits per heavy atom. The Balaban J connectivity index is 2.49. The maximum Gasteiger partial charge on any atom is 0.345 e. The quantitative estimate of drug-likeness (QED) is 0.560. The van der Waals surface area contributed by atoms with Crippen molar-refractivity contribution in [3.8, 4) is 0 Å². The summed E-state index contributed by atoms with van der Waals surface area (Å²) < 4.78 is 4.46. The molecule has 0 spiro atoms. The van der Waals surface area contributed by atoms with Crippen LogP contribution in [-0.2, 0) is 9.53 Å². The number of carbonyl (C=O) groups is 2. The van der Waals surface area contributed by atoms with Crippen molar-refractivity contribution in [2.24, 2.45) is 0 Å². The molecule has 86 valence electrons. The molecule has 0 amide bonds. The van der Waals surface area contributed by atoms with E-state index in [0.29, 0.717) is 0 Å². The molecular formula is C11H12O5. The van der Waals surface area contributed by atoms with Crippen LogP contribution in [0.4, 0.5) is 0 Å². The van der Waals surface area contributed by atoms with E-state index in [1.165, 1.54) is 12.1 Å². The van der Waals surface area contributed by atoms with Gasteiger partial charge in [0.25, 0.3) is 0 Å². The Hall–Kier alpha value is -1.72. The Labute approximate surface area is 92.3 Å². The lowest BCUT2D eigenvalue weighted by Gasteiger charge is -2.06. The third kappa shape index (κ3) is 3.80. The smallest absolute Gasteiger partial charge is 0.345 e. The van der Waals surface area contributed by atoms with Crippen LogP contribution < -0.4 is 0 Å². The number of esters is 2. The molecule has 0 saturated heterocycles. The van der Waals surface area contributed by atoms with Crippen molar-refractivity contribution in [1.82, 2.24) is 0 Å². The number of hydrogen-bond acceptors (Lipinski definition) is 5. The van der Waals surface area contributed by atoms with E-state index in [1.807, 2.05) is 0 Å². The number of aliphatic hydroxyl groups is 2. The third-order valence-electron chi connectivity index (χ3n) is 1.83. The Morgan fingerprint density at radius 1 is 1.25 bits per heavy atom. The van der Waals surface area contributed by atoms with Crippen molar-refractivity contribution < 1.29 is 24.5 Å². The van der Waals surface area contributed by atoms with E-state index in [-0.39, 0.29) is 5.56 Å². The molecule has 16 heavy (non-hydrogen) atoms. The van der Waals surface area contributed by atoms with Crippen molar-refractivity contribution in [2.45, 2.75) is 12.5 Å². The van der Waals surface area contributed by atoms with E-state index in [4.69, 9.17) is 10.2 Å². The van der Waals surface area contributed by atoms with Gasteiger partial charge in [0.1, 0.15) is 0 Å². The molecule has 0 fully saturated rings. The Morgan fingerprint density at radius 3 is 2.44 bits per heavy atom. The highest BCUT2D eigenvalue weighted by Gasteiger charge is 2.15. The molecule has 0 bridgehead atoms. The van der Waals surface area contributed by atoms with Crippen LogP contribution in [0.3, 0.4) is 0 Å². The van der Waals surface area contributed by atoms with Crippen LogP contribution in [0.25, 0.3) is 0 Å². The first-order chi connectivity index (χ1) is 7.63. The number of rotatable bonds is 4. The average molecular weight is 224 g/mol. The third-order valence-corrected chi connectivity index (χ3v) is 1.83. The van der Waals surface area contributed by atoms with E-state index in [2.05, 4.69) is 4.74 Å². The molecule has 0 aliphatic carbocycles. The lowest BCUT2D eigenvalue weighted by molar-refractivity contribution is -0.140. The molecule has 0 aliphatic heterocycles. The van der Waals surface area contributed by atoms with Crippen LogP contribution >= 0.6 is 0 Å². The van der Waals surface area contributed by atoms with Gasteiger partial charge in [-0.25, -0.2) is 4.79 Å². The van der Waals surface area contributed by atoms with Crippen LogP contribution in [0, 0.1) is 0 Å². The van der Waals surface area contributed by atoms with Crippen LogP contribution in [0.5, 0.6) is 0 Å². The molecule has 1 rings (SSSR count). The molecule has 0 aliphatic rings. The Bertz CT molecular complexity index is 360. The fraction of sp³-hybridized carbons (Fsp3) is 0.273. The number of aliphatic hydroxyl groups excluding tert-OH is 2. The van der Waals surface area contributed by atoms with E-state index >= 15 is 0 Å². The summed E-state index contributed by atoms with van der Waals surface area (Å²) in [7, 11) is 0. The van der Waals surface area contributed by atoms with Gasteiger partial charge in [0.2, 0.25) is 0 Å². The molecule has 1 aromatic rings. The van der Waals surface area contributed by atoms with Crippen molar-refractivity contribution >= 4 is 11.9 Å². The maximum absolute atomic E-state index is 11.3. The van der Waals surface area contributed by atoms with Gasteiger partial charge < -0.3 is 14.9 Å². The molecule has 2 N–H and O–H groups in total. The van der Waals surface area contributed by atoms with Gasteiger partial charge in [0.05, 0.1) is 24.7 Å². The zero-order valence-corrected chi connectivity index (χ0v) is 8.50. The van der Waals surface area contributed by atoms with E-state index in [9.17, 15) is 9.59 Å². The summed E-state index contributed by atoms with van der Waals surface area (Å²) in [4.78, 5) is 22.4. The average Bonchev–Trinajstić information content (AvgIpc) is 2.29. The zero-order valence-electron chi connectivity index (χ0n) is 8.50. The van der Waals surface area contributed by atoms with Gasteiger partial charge in [0.15, 0.2) is 0 Å². The second-order valence-electron chi connectivity index (χ2n) is 3.17. The number of benzene rings is 1. The Kier molecular flexibility index (Phi) is 4.63. The summed E-state index contributed by atoms with van der Waals surface area (Å²) in [6.45, 7) is -0.547. The van der Waals surface area contributed by atoms with E-state index in [1.54, 1.807) is 18.2 Å². The van der Waals surface area contributed by atoms with Crippen LogP contribution in [0.1, 0.15) is 16.8 Å². The summed E-state index contributed by atoms with van der Waals surface area (Å²) in [6.07, 6.45) is -1.61. The number of carbonyl (C=O) groups excluding carboxylic acids is 2. The molecule has 0 heterocycles. The van der Waals surface area contributed by atoms with Crippen LogP contribution in [-0.4, -0.2) is 34.9 Å². The zero-order chi connectivity index (χ0) is 12.0. The van der Waals surface area contributed by atoms with Crippen molar-refractivity contribution in [1.29, 1.82) is 0 Å². The minimum Gasteiger partial charge on any atom is -0.394 e. The second kappa shape index (κ2) is 5.99. The normalized spacial score (nSPS) is 11.9. The highest BCUT2D eigenvalue weighted by atomic mass is 16.6. The van der Waals surface area contributed by atoms with E-state index < -0.39 is 31.1 Å². The highest BCUT2D eigenvalue weighted by Crippen LogP contribution is 2.03. The van der Waals surface area contributed by atoms with Crippen LogP contribution in [0.2, 0.25) is 0 Å². The van der Waals surface area contributed by atoms with Gasteiger partial charge in [-0.05, 0) is 12.1 Å². The van der Waals surface area contributed by atoms with Gasteiger partial charge in [-0.3, -0.25) is 4.79 Å². The predicted octanol–water partition coefficient (Wildman–Crippen LogP) is 0.113. The maximum atomic E-state index is 11.3. The van der Waals surface area contributed by atoms with E-state index in [0.717, 1.165) is 0 Å². The first-order valence-corrected chi connectivity index (χ1v) is 4.72. The molecular weight excluding hydrogens is 212 g/mol. The molecule has 0 saturated carbocycles. The van der Waals surface area contributed by atoms with Gasteiger partial charge in [0, 0.05) is 0 Å². The first-order valence-electron chi connectivity index (χ1n) is 4.72. The number of ether oxygens (including phenoxy) is 1. The standard InChI is InChI=1S/C11H12O5/c12-7-9(13)6-10(14)16-11(15)8-4-2-1-3-5-8/h1-5,9,12-13H,6-7H2. The monoisotopic (exact) mass is 224 g/mol.